The third kappa shape index (κ3) is 3.32. The van der Waals surface area contributed by atoms with Crippen molar-refractivity contribution in [2.75, 3.05) is 7.05 Å². The van der Waals surface area contributed by atoms with Gasteiger partial charge >= 0.3 is 0 Å². The van der Waals surface area contributed by atoms with Crippen LogP contribution < -0.4 is 0 Å². The van der Waals surface area contributed by atoms with Gasteiger partial charge in [-0.05, 0) is 24.9 Å². The number of hydrogen-bond donors (Lipinski definition) is 0. The highest BCUT2D eigenvalue weighted by atomic mass is 35.5. The number of aromatic nitrogens is 1. The minimum atomic E-state index is 0.383. The molecule has 0 amide bonds. The van der Waals surface area contributed by atoms with Crippen LogP contribution in [0.5, 0.6) is 0 Å². The Balaban J connectivity index is 2.07. The normalized spacial score (nSPS) is 13.1. The number of rotatable bonds is 6. The van der Waals surface area contributed by atoms with Crippen molar-refractivity contribution in [2.45, 2.75) is 31.8 Å². The summed E-state index contributed by atoms with van der Waals surface area (Å²) in [6.45, 7) is 3.18. The highest BCUT2D eigenvalue weighted by Crippen LogP contribution is 2.28. The molecule has 0 saturated carbocycles. The third-order valence-electron chi connectivity index (χ3n) is 2.90. The SMILES string of the molecule is CCC(c1nc(CCl)cs1)N(C)Cc1cccs1. The van der Waals surface area contributed by atoms with Crippen LogP contribution in [0.3, 0.4) is 0 Å². The Hall–Kier alpha value is -0.420. The predicted octanol–water partition coefficient (Wildman–Crippen LogP) is 4.53. The van der Waals surface area contributed by atoms with Gasteiger partial charge in [0, 0.05) is 16.8 Å². The van der Waals surface area contributed by atoms with Crippen molar-refractivity contribution >= 4 is 34.3 Å². The molecule has 2 aromatic rings. The summed E-state index contributed by atoms with van der Waals surface area (Å²) < 4.78 is 0. The van der Waals surface area contributed by atoms with Crippen molar-refractivity contribution in [1.29, 1.82) is 0 Å². The number of alkyl halides is 1. The number of thiophene rings is 1. The molecule has 0 radical (unpaired) electrons. The van der Waals surface area contributed by atoms with Crippen LogP contribution in [-0.4, -0.2) is 16.9 Å². The van der Waals surface area contributed by atoms with Crippen LogP contribution in [0.1, 0.15) is 35.0 Å². The van der Waals surface area contributed by atoms with E-state index in [4.69, 9.17) is 11.6 Å². The van der Waals surface area contributed by atoms with Gasteiger partial charge < -0.3 is 0 Å². The first kappa shape index (κ1) is 14.0. The van der Waals surface area contributed by atoms with Crippen LogP contribution in [-0.2, 0) is 12.4 Å². The summed E-state index contributed by atoms with van der Waals surface area (Å²) in [5.41, 5.74) is 0.986. The second-order valence-corrected chi connectivity index (χ2v) is 6.42. The van der Waals surface area contributed by atoms with Gasteiger partial charge in [0.25, 0.3) is 0 Å². The monoisotopic (exact) mass is 300 g/mol. The van der Waals surface area contributed by atoms with Gasteiger partial charge in [-0.1, -0.05) is 13.0 Å². The minimum Gasteiger partial charge on any atom is -0.292 e. The molecule has 0 fully saturated rings. The van der Waals surface area contributed by atoms with Gasteiger partial charge in [-0.25, -0.2) is 4.98 Å². The van der Waals surface area contributed by atoms with E-state index in [0.29, 0.717) is 11.9 Å². The zero-order valence-corrected chi connectivity index (χ0v) is 13.0. The fourth-order valence-corrected chi connectivity index (χ4v) is 4.03. The fourth-order valence-electron chi connectivity index (χ4n) is 1.97. The average Bonchev–Trinajstić information content (AvgIpc) is 3.01. The largest absolute Gasteiger partial charge is 0.292 e. The van der Waals surface area contributed by atoms with Crippen LogP contribution in [0.4, 0.5) is 0 Å². The zero-order chi connectivity index (χ0) is 13.0. The molecule has 2 nitrogen and oxygen atoms in total. The Labute approximate surface area is 121 Å². The van der Waals surface area contributed by atoms with Gasteiger partial charge in [-0.2, -0.15) is 0 Å². The molecule has 0 saturated heterocycles. The Kier molecular flexibility index (Phi) is 5.18. The van der Waals surface area contributed by atoms with Crippen molar-refractivity contribution in [3.05, 3.63) is 38.5 Å². The summed E-state index contributed by atoms with van der Waals surface area (Å²) in [5.74, 6) is 0.502. The molecule has 0 aliphatic heterocycles. The molecule has 98 valence electrons. The molecule has 1 atom stereocenters. The Morgan fingerprint density at radius 1 is 1.44 bits per heavy atom. The van der Waals surface area contributed by atoms with Gasteiger partial charge in [-0.15, -0.1) is 34.3 Å². The van der Waals surface area contributed by atoms with E-state index in [2.05, 4.69) is 46.7 Å². The predicted molar refractivity (Wildman–Crippen MR) is 80.5 cm³/mol. The summed E-state index contributed by atoms with van der Waals surface area (Å²) in [5, 5.41) is 5.36. The Bertz CT molecular complexity index is 467. The zero-order valence-electron chi connectivity index (χ0n) is 10.6. The van der Waals surface area contributed by atoms with Crippen molar-refractivity contribution in [3.63, 3.8) is 0 Å². The molecule has 2 rings (SSSR count). The van der Waals surface area contributed by atoms with E-state index >= 15 is 0 Å². The number of hydrogen-bond acceptors (Lipinski definition) is 4. The molecule has 2 heterocycles. The second kappa shape index (κ2) is 6.66. The molecule has 0 aromatic carbocycles. The number of nitrogens with zero attached hydrogens (tertiary/aromatic N) is 2. The van der Waals surface area contributed by atoms with E-state index in [-0.39, 0.29) is 0 Å². The van der Waals surface area contributed by atoms with E-state index in [1.807, 2.05) is 0 Å². The topological polar surface area (TPSA) is 16.1 Å². The summed E-state index contributed by atoms with van der Waals surface area (Å²) in [7, 11) is 2.16. The molecule has 0 N–H and O–H groups in total. The smallest absolute Gasteiger partial charge is 0.110 e. The van der Waals surface area contributed by atoms with Crippen LogP contribution in [0, 0.1) is 0 Å². The summed E-state index contributed by atoms with van der Waals surface area (Å²) in [6, 6.07) is 4.66. The van der Waals surface area contributed by atoms with Crippen molar-refractivity contribution in [1.82, 2.24) is 9.88 Å². The van der Waals surface area contributed by atoms with E-state index in [1.165, 1.54) is 9.88 Å². The molecule has 0 bridgehead atoms. The van der Waals surface area contributed by atoms with Crippen LogP contribution in [0.15, 0.2) is 22.9 Å². The number of thiazole rings is 1. The van der Waals surface area contributed by atoms with Gasteiger partial charge in [0.2, 0.25) is 0 Å². The van der Waals surface area contributed by atoms with Gasteiger partial charge in [0.05, 0.1) is 17.6 Å². The lowest BCUT2D eigenvalue weighted by Gasteiger charge is -2.24. The van der Waals surface area contributed by atoms with Crippen LogP contribution in [0.25, 0.3) is 0 Å². The van der Waals surface area contributed by atoms with Gasteiger partial charge in [-0.3, -0.25) is 4.90 Å². The fraction of sp³-hybridized carbons (Fsp3) is 0.462. The summed E-state index contributed by atoms with van der Waals surface area (Å²) in [6.07, 6.45) is 1.07. The average molecular weight is 301 g/mol. The molecular weight excluding hydrogens is 284 g/mol. The molecule has 1 unspecified atom stereocenters. The highest BCUT2D eigenvalue weighted by molar-refractivity contribution is 7.10. The molecule has 0 spiro atoms. The van der Waals surface area contributed by atoms with E-state index in [1.54, 1.807) is 22.7 Å². The van der Waals surface area contributed by atoms with Crippen LogP contribution >= 0.6 is 34.3 Å². The third-order valence-corrected chi connectivity index (χ3v) is 5.03. The van der Waals surface area contributed by atoms with Gasteiger partial charge in [0.1, 0.15) is 5.01 Å². The van der Waals surface area contributed by atoms with Crippen molar-refractivity contribution < 1.29 is 0 Å². The first-order valence-corrected chi connectivity index (χ1v) is 8.26. The maximum atomic E-state index is 5.82. The summed E-state index contributed by atoms with van der Waals surface area (Å²) in [4.78, 5) is 8.36. The first-order chi connectivity index (χ1) is 8.74. The molecular formula is C13H17ClN2S2. The lowest BCUT2D eigenvalue weighted by Crippen LogP contribution is -2.23. The quantitative estimate of drug-likeness (QED) is 0.729. The second-order valence-electron chi connectivity index (χ2n) is 4.23. The lowest BCUT2D eigenvalue weighted by atomic mass is 10.2. The van der Waals surface area contributed by atoms with Crippen LogP contribution in [0.2, 0.25) is 0 Å². The molecule has 2 aromatic heterocycles. The highest BCUT2D eigenvalue weighted by Gasteiger charge is 2.19. The van der Waals surface area contributed by atoms with E-state index in [9.17, 15) is 0 Å². The van der Waals surface area contributed by atoms with Crippen molar-refractivity contribution in [2.24, 2.45) is 0 Å². The summed E-state index contributed by atoms with van der Waals surface area (Å²) >= 11 is 9.33. The molecule has 5 heteroatoms. The molecule has 0 aliphatic rings. The maximum absolute atomic E-state index is 5.82. The van der Waals surface area contributed by atoms with Crippen molar-refractivity contribution in [3.8, 4) is 0 Å². The molecule has 0 aliphatic carbocycles. The lowest BCUT2D eigenvalue weighted by molar-refractivity contribution is 0.231. The maximum Gasteiger partial charge on any atom is 0.110 e. The Morgan fingerprint density at radius 2 is 2.28 bits per heavy atom. The standard InChI is InChI=1S/C13H17ClN2S2/c1-3-12(13-15-10(7-14)9-18-13)16(2)8-11-5-4-6-17-11/h4-6,9,12H,3,7-8H2,1-2H3. The Morgan fingerprint density at radius 3 is 2.83 bits per heavy atom. The van der Waals surface area contributed by atoms with Gasteiger partial charge in [0.15, 0.2) is 0 Å². The number of halogens is 1. The van der Waals surface area contributed by atoms with E-state index < -0.39 is 0 Å². The minimum absolute atomic E-state index is 0.383. The van der Waals surface area contributed by atoms with E-state index in [0.717, 1.165) is 18.7 Å². The first-order valence-electron chi connectivity index (χ1n) is 5.97. The molecule has 18 heavy (non-hydrogen) atoms.